The second kappa shape index (κ2) is 9.00. The summed E-state index contributed by atoms with van der Waals surface area (Å²) in [4.78, 5) is 42.3. The van der Waals surface area contributed by atoms with Gasteiger partial charge in [0.25, 0.3) is 11.1 Å². The largest absolute Gasteiger partial charge is 0.454 e. The maximum absolute atomic E-state index is 12.6. The van der Waals surface area contributed by atoms with Crippen LogP contribution < -0.4 is 14.8 Å². The Morgan fingerprint density at radius 2 is 2.10 bits per heavy atom. The number of ether oxygens (including phenoxy) is 2. The minimum Gasteiger partial charge on any atom is -0.454 e. The van der Waals surface area contributed by atoms with Crippen molar-refractivity contribution in [2.75, 3.05) is 19.9 Å². The molecule has 9 heteroatoms. The molecule has 0 aliphatic carbocycles. The van der Waals surface area contributed by atoms with Gasteiger partial charge >= 0.3 is 0 Å². The molecule has 1 N–H and O–H groups in total. The Hall–Kier alpha value is -3.33. The number of nitrogens with zero attached hydrogens (tertiary/aromatic N) is 2. The van der Waals surface area contributed by atoms with Crippen molar-refractivity contribution in [1.82, 2.24) is 15.2 Å². The molecule has 0 radical (unpaired) electrons. The number of hydrogen-bond acceptors (Lipinski definition) is 7. The van der Waals surface area contributed by atoms with Crippen molar-refractivity contribution in [3.63, 3.8) is 0 Å². The number of imide groups is 1. The number of nitrogens with one attached hydrogen (secondary N) is 1. The summed E-state index contributed by atoms with van der Waals surface area (Å²) in [5, 5.41) is 2.40. The first-order valence-electron chi connectivity index (χ1n) is 9.41. The minimum absolute atomic E-state index is 0.127. The van der Waals surface area contributed by atoms with Crippen molar-refractivity contribution in [1.29, 1.82) is 0 Å². The van der Waals surface area contributed by atoms with Crippen molar-refractivity contribution < 1.29 is 23.9 Å². The molecule has 8 nitrogen and oxygen atoms in total. The number of aromatic nitrogens is 1. The monoisotopic (exact) mass is 425 g/mol. The summed E-state index contributed by atoms with van der Waals surface area (Å²) in [6, 6.07) is 9.06. The molecule has 2 aliphatic heterocycles. The van der Waals surface area contributed by atoms with Gasteiger partial charge in [-0.1, -0.05) is 12.1 Å². The van der Waals surface area contributed by atoms with Gasteiger partial charge in [0.15, 0.2) is 11.5 Å². The van der Waals surface area contributed by atoms with Crippen molar-refractivity contribution in [2.24, 2.45) is 0 Å². The predicted octanol–water partition coefficient (Wildman–Crippen LogP) is 2.60. The van der Waals surface area contributed by atoms with Gasteiger partial charge in [-0.2, -0.15) is 0 Å². The first-order chi connectivity index (χ1) is 14.6. The summed E-state index contributed by atoms with van der Waals surface area (Å²) >= 11 is 0.883. The van der Waals surface area contributed by atoms with Gasteiger partial charge < -0.3 is 14.8 Å². The van der Waals surface area contributed by atoms with E-state index in [0.717, 1.165) is 27.8 Å². The molecule has 1 aromatic heterocycles. The molecule has 0 atom stereocenters. The van der Waals surface area contributed by atoms with Crippen LogP contribution in [0, 0.1) is 0 Å². The number of pyridine rings is 1. The molecule has 1 fully saturated rings. The molecule has 0 bridgehead atoms. The average molecular weight is 425 g/mol. The Balaban J connectivity index is 1.28. The van der Waals surface area contributed by atoms with Crippen LogP contribution >= 0.6 is 11.8 Å². The van der Waals surface area contributed by atoms with E-state index in [1.54, 1.807) is 36.7 Å². The van der Waals surface area contributed by atoms with E-state index < -0.39 is 0 Å². The van der Waals surface area contributed by atoms with E-state index in [-0.39, 0.29) is 36.9 Å². The molecule has 30 heavy (non-hydrogen) atoms. The molecule has 0 spiro atoms. The van der Waals surface area contributed by atoms with E-state index >= 15 is 0 Å². The zero-order valence-corrected chi connectivity index (χ0v) is 16.8. The molecule has 2 aromatic rings. The van der Waals surface area contributed by atoms with Crippen LogP contribution in [0.2, 0.25) is 0 Å². The Labute approximate surface area is 177 Å². The van der Waals surface area contributed by atoms with Crippen LogP contribution in [-0.4, -0.2) is 46.8 Å². The molecule has 0 unspecified atom stereocenters. The molecule has 3 heterocycles. The lowest BCUT2D eigenvalue weighted by Crippen LogP contribution is -2.37. The average Bonchev–Trinajstić information content (AvgIpc) is 3.32. The minimum atomic E-state index is -0.368. The van der Waals surface area contributed by atoms with Crippen molar-refractivity contribution >= 4 is 34.9 Å². The maximum atomic E-state index is 12.6. The number of amides is 3. The van der Waals surface area contributed by atoms with Crippen LogP contribution in [0.3, 0.4) is 0 Å². The number of fused-ring (bicyclic) bond motifs is 1. The third-order valence-electron chi connectivity index (χ3n) is 4.59. The summed E-state index contributed by atoms with van der Waals surface area (Å²) in [5.74, 6) is 0.755. The van der Waals surface area contributed by atoms with Crippen LogP contribution in [0.15, 0.2) is 47.6 Å². The van der Waals surface area contributed by atoms with E-state index in [0.29, 0.717) is 29.2 Å². The molecule has 0 saturated carbocycles. The highest BCUT2D eigenvalue weighted by molar-refractivity contribution is 8.18. The van der Waals surface area contributed by atoms with E-state index in [1.165, 1.54) is 0 Å². The number of thioether (sulfide) groups is 1. The van der Waals surface area contributed by atoms with Gasteiger partial charge in [-0.15, -0.1) is 0 Å². The standard InChI is InChI=1S/C21H19N3O5S/c25-19(6-4-14-2-1-7-22-12-14)23-8-9-24-20(26)18(30-21(24)27)11-15-3-5-16-17(10-15)29-13-28-16/h1-3,5,7,10-12H,4,6,8-9,13H2,(H,23,25)/b18-11-. The highest BCUT2D eigenvalue weighted by atomic mass is 32.2. The lowest BCUT2D eigenvalue weighted by atomic mass is 10.1. The van der Waals surface area contributed by atoms with Crippen LogP contribution in [0.25, 0.3) is 6.08 Å². The first-order valence-corrected chi connectivity index (χ1v) is 10.2. The van der Waals surface area contributed by atoms with E-state index in [4.69, 9.17) is 9.47 Å². The number of benzene rings is 1. The molecule has 1 saturated heterocycles. The molecule has 2 aliphatic rings. The van der Waals surface area contributed by atoms with Crippen molar-refractivity contribution in [2.45, 2.75) is 12.8 Å². The molecule has 4 rings (SSSR count). The molecular weight excluding hydrogens is 406 g/mol. The normalized spacial score (nSPS) is 16.4. The van der Waals surface area contributed by atoms with Crippen LogP contribution in [0.4, 0.5) is 4.79 Å². The molecule has 154 valence electrons. The number of carbonyl (C=O) groups is 3. The Kier molecular flexibility index (Phi) is 5.99. The number of carbonyl (C=O) groups excluding carboxylic acids is 3. The van der Waals surface area contributed by atoms with Gasteiger partial charge in [-0.3, -0.25) is 24.3 Å². The van der Waals surface area contributed by atoms with Crippen LogP contribution in [0.1, 0.15) is 17.5 Å². The molecule has 3 amide bonds. The lowest BCUT2D eigenvalue weighted by Gasteiger charge is -2.13. The summed E-state index contributed by atoms with van der Waals surface area (Å²) in [6.07, 6.45) is 5.96. The van der Waals surface area contributed by atoms with Crippen LogP contribution in [0.5, 0.6) is 11.5 Å². The SMILES string of the molecule is O=C(CCc1cccnc1)NCCN1C(=O)S/C(=C\c2ccc3c(c2)OCO3)C1=O. The van der Waals surface area contributed by atoms with Gasteiger partial charge in [0, 0.05) is 31.9 Å². The van der Waals surface area contributed by atoms with Crippen molar-refractivity contribution in [3.05, 3.63) is 58.8 Å². The Morgan fingerprint density at radius 1 is 1.23 bits per heavy atom. The predicted molar refractivity (Wildman–Crippen MR) is 111 cm³/mol. The molecular formula is C21H19N3O5S. The fraction of sp³-hybridized carbons (Fsp3) is 0.238. The second-order valence-electron chi connectivity index (χ2n) is 6.66. The van der Waals surface area contributed by atoms with Gasteiger partial charge in [-0.05, 0) is 53.6 Å². The summed E-state index contributed by atoms with van der Waals surface area (Å²) in [5.41, 5.74) is 1.72. The number of aryl methyl sites for hydroxylation is 1. The smallest absolute Gasteiger partial charge is 0.293 e. The summed E-state index contributed by atoms with van der Waals surface area (Å²) in [6.45, 7) is 0.506. The van der Waals surface area contributed by atoms with Crippen molar-refractivity contribution in [3.8, 4) is 11.5 Å². The maximum Gasteiger partial charge on any atom is 0.293 e. The third kappa shape index (κ3) is 4.62. The second-order valence-corrected chi connectivity index (χ2v) is 7.65. The summed E-state index contributed by atoms with van der Waals surface area (Å²) < 4.78 is 10.6. The number of hydrogen-bond donors (Lipinski definition) is 1. The molecule has 1 aromatic carbocycles. The Morgan fingerprint density at radius 3 is 2.93 bits per heavy atom. The Bertz CT molecular complexity index is 1010. The van der Waals surface area contributed by atoms with E-state index in [2.05, 4.69) is 10.3 Å². The zero-order chi connectivity index (χ0) is 20.9. The lowest BCUT2D eigenvalue weighted by molar-refractivity contribution is -0.124. The zero-order valence-electron chi connectivity index (χ0n) is 16.0. The van der Waals surface area contributed by atoms with E-state index in [9.17, 15) is 14.4 Å². The van der Waals surface area contributed by atoms with Gasteiger partial charge in [0.1, 0.15) is 0 Å². The van der Waals surface area contributed by atoms with Gasteiger partial charge in [0.05, 0.1) is 4.91 Å². The third-order valence-corrected chi connectivity index (χ3v) is 5.50. The first kappa shape index (κ1) is 20.0. The fourth-order valence-electron chi connectivity index (χ4n) is 3.05. The van der Waals surface area contributed by atoms with Gasteiger partial charge in [-0.25, -0.2) is 0 Å². The number of rotatable bonds is 7. The van der Waals surface area contributed by atoms with Crippen LogP contribution in [-0.2, 0) is 16.0 Å². The topological polar surface area (TPSA) is 97.8 Å². The van der Waals surface area contributed by atoms with Gasteiger partial charge in [0.2, 0.25) is 12.7 Å². The quantitative estimate of drug-likeness (QED) is 0.681. The summed E-state index contributed by atoms with van der Waals surface area (Å²) in [7, 11) is 0. The fourth-order valence-corrected chi connectivity index (χ4v) is 3.91. The highest BCUT2D eigenvalue weighted by Gasteiger charge is 2.34. The van der Waals surface area contributed by atoms with E-state index in [1.807, 2.05) is 12.1 Å². The highest BCUT2D eigenvalue weighted by Crippen LogP contribution is 2.36.